The number of hydrogen-bond donors (Lipinski definition) is 6. The molecule has 0 aliphatic carbocycles. The molecule has 0 unspecified atom stereocenters. The van der Waals surface area contributed by atoms with E-state index in [0.717, 1.165) is 0 Å². The molecule has 0 saturated carbocycles. The van der Waals surface area contributed by atoms with Gasteiger partial charge >= 0.3 is 13.8 Å². The second-order valence-corrected chi connectivity index (χ2v) is 7.49. The first-order valence-corrected chi connectivity index (χ1v) is 9.88. The molecular formula is C13H22N3O7PS+2. The molecule has 1 atom stereocenters. The third-order valence-corrected chi connectivity index (χ3v) is 4.65. The standard InChI is InChI=1S/C13H20N3O7PS/c1-8-12(17)10(9(4-16-8)6-23-24(20,21)22)5-15-2-3-25-7-11(14)13(18)19/h4-5,11,17H,2-3,6-7,14H2,1H3,(H,18,19)(H2,20,21,22)/p+2/t11-/m0/s1. The first-order valence-electron chi connectivity index (χ1n) is 7.19. The summed E-state index contributed by atoms with van der Waals surface area (Å²) in [5, 5.41) is 18.8. The molecule has 0 amide bonds. The van der Waals surface area contributed by atoms with Crippen molar-refractivity contribution in [2.75, 3.05) is 18.1 Å². The summed E-state index contributed by atoms with van der Waals surface area (Å²) in [7, 11) is -4.64. The third kappa shape index (κ3) is 7.95. The van der Waals surface area contributed by atoms with E-state index in [0.29, 0.717) is 34.9 Å². The fourth-order valence-electron chi connectivity index (χ4n) is 1.68. The molecule has 0 aliphatic rings. The lowest BCUT2D eigenvalue weighted by Crippen LogP contribution is -2.70. The Morgan fingerprint density at radius 2 is 2.24 bits per heavy atom. The molecule has 0 bridgehead atoms. The van der Waals surface area contributed by atoms with E-state index in [9.17, 15) is 14.5 Å². The van der Waals surface area contributed by atoms with Crippen molar-refractivity contribution in [3.63, 3.8) is 0 Å². The highest BCUT2D eigenvalue weighted by atomic mass is 32.2. The van der Waals surface area contributed by atoms with Gasteiger partial charge in [0.05, 0.1) is 29.4 Å². The Hall–Kier alpha value is -1.49. The predicted molar refractivity (Wildman–Crippen MR) is 90.1 cm³/mol. The number of hydrogen-bond acceptors (Lipinski definition) is 6. The van der Waals surface area contributed by atoms with Crippen LogP contribution in [0.25, 0.3) is 0 Å². The maximum absolute atomic E-state index is 10.8. The second-order valence-electron chi connectivity index (χ2n) is 5.10. The number of nitrogens with zero attached hydrogens (tertiary/aromatic N) is 1. The molecule has 10 nitrogen and oxygen atoms in total. The number of rotatable bonds is 10. The van der Waals surface area contributed by atoms with E-state index >= 15 is 0 Å². The predicted octanol–water partition coefficient (Wildman–Crippen LogP) is -2.37. The zero-order chi connectivity index (χ0) is 19.0. The Bertz CT molecular complexity index is 680. The fourth-order valence-corrected chi connectivity index (χ4v) is 2.85. The Balaban J connectivity index is 2.68. The average molecular weight is 395 g/mol. The van der Waals surface area contributed by atoms with Gasteiger partial charge in [0.25, 0.3) is 0 Å². The van der Waals surface area contributed by atoms with E-state index in [-0.39, 0.29) is 5.75 Å². The van der Waals surface area contributed by atoms with Crippen LogP contribution in [0.5, 0.6) is 5.75 Å². The molecule has 140 valence electrons. The smallest absolute Gasteiger partial charge is 0.469 e. The van der Waals surface area contributed by atoms with E-state index < -0.39 is 26.4 Å². The number of phosphoric acid groups is 1. The van der Waals surface area contributed by atoms with E-state index in [1.54, 1.807) is 6.92 Å². The van der Waals surface area contributed by atoms with Crippen LogP contribution in [0.15, 0.2) is 6.20 Å². The van der Waals surface area contributed by atoms with Crippen molar-refractivity contribution in [2.24, 2.45) is 0 Å². The minimum Gasteiger partial charge on any atom is -0.505 e. The monoisotopic (exact) mass is 395 g/mol. The first kappa shape index (κ1) is 21.6. The second kappa shape index (κ2) is 9.85. The molecule has 0 radical (unpaired) electrons. The van der Waals surface area contributed by atoms with Gasteiger partial charge in [0.1, 0.15) is 12.3 Å². The minimum absolute atomic E-state index is 0.115. The van der Waals surface area contributed by atoms with Crippen molar-refractivity contribution < 1.29 is 44.6 Å². The molecule has 1 heterocycles. The van der Waals surface area contributed by atoms with Gasteiger partial charge in [0.2, 0.25) is 0 Å². The van der Waals surface area contributed by atoms with Crippen LogP contribution in [0.3, 0.4) is 0 Å². The number of phosphoric ester groups is 1. The molecule has 25 heavy (non-hydrogen) atoms. The molecule has 1 aromatic heterocycles. The van der Waals surface area contributed by atoms with Crippen molar-refractivity contribution in [2.45, 2.75) is 19.6 Å². The zero-order valence-corrected chi connectivity index (χ0v) is 15.3. The molecule has 1 rings (SSSR count). The molecule has 8 N–H and O–H groups in total. The van der Waals surface area contributed by atoms with Crippen LogP contribution >= 0.6 is 19.6 Å². The summed E-state index contributed by atoms with van der Waals surface area (Å²) in [5.41, 5.74) is 4.51. The first-order chi connectivity index (χ1) is 11.6. The summed E-state index contributed by atoms with van der Waals surface area (Å²) in [4.78, 5) is 35.1. The van der Waals surface area contributed by atoms with Crippen LogP contribution < -0.4 is 10.7 Å². The van der Waals surface area contributed by atoms with Crippen LogP contribution in [0.4, 0.5) is 0 Å². The lowest BCUT2D eigenvalue weighted by atomic mass is 10.1. The average Bonchev–Trinajstić information content (AvgIpc) is 2.52. The zero-order valence-electron chi connectivity index (χ0n) is 13.6. The highest BCUT2D eigenvalue weighted by Crippen LogP contribution is 2.37. The normalized spacial score (nSPS) is 13.3. The quantitative estimate of drug-likeness (QED) is 0.143. The summed E-state index contributed by atoms with van der Waals surface area (Å²) in [6, 6.07) is -0.669. The van der Waals surface area contributed by atoms with Crippen molar-refractivity contribution in [3.05, 3.63) is 23.0 Å². The van der Waals surface area contributed by atoms with E-state index in [1.807, 2.05) is 0 Å². The number of aryl methyl sites for hydroxylation is 1. The topological polar surface area (TPSA) is 179 Å². The van der Waals surface area contributed by atoms with Gasteiger partial charge in [-0.25, -0.2) is 14.4 Å². The Morgan fingerprint density at radius 3 is 2.84 bits per heavy atom. The van der Waals surface area contributed by atoms with Gasteiger partial charge in [-0.15, -0.1) is 11.8 Å². The van der Waals surface area contributed by atoms with Crippen LogP contribution in [-0.4, -0.2) is 61.3 Å². The van der Waals surface area contributed by atoms with Gasteiger partial charge in [-0.1, -0.05) is 0 Å². The summed E-state index contributed by atoms with van der Waals surface area (Å²) in [5.74, 6) is -0.0537. The largest absolute Gasteiger partial charge is 0.505 e. The van der Waals surface area contributed by atoms with Crippen LogP contribution in [0, 0.1) is 6.92 Å². The van der Waals surface area contributed by atoms with Gasteiger partial charge in [0, 0.05) is 11.8 Å². The highest BCUT2D eigenvalue weighted by molar-refractivity contribution is 7.99. The summed E-state index contributed by atoms with van der Waals surface area (Å²) in [6.07, 6.45) is 2.87. The number of aliphatic carboxylic acids is 1. The molecule has 12 heteroatoms. The fraction of sp³-hybridized carbons (Fsp3) is 0.462. The van der Waals surface area contributed by atoms with Gasteiger partial charge in [0.15, 0.2) is 12.3 Å². The summed E-state index contributed by atoms with van der Waals surface area (Å²) in [6.45, 7) is 1.68. The Kier molecular flexibility index (Phi) is 8.50. The van der Waals surface area contributed by atoms with Crippen LogP contribution in [0.2, 0.25) is 0 Å². The molecule has 1 aromatic rings. The number of carbonyl (C=O) groups is 1. The van der Waals surface area contributed by atoms with Crippen molar-refractivity contribution in [1.29, 1.82) is 0 Å². The summed E-state index contributed by atoms with van der Waals surface area (Å²) >= 11 is 1.42. The molecule has 0 spiro atoms. The molecular weight excluding hydrogens is 373 g/mol. The molecule has 0 aromatic carbocycles. The Morgan fingerprint density at radius 1 is 1.56 bits per heavy atom. The number of carboxylic acid groups (broad SMARTS) is 1. The van der Waals surface area contributed by atoms with Crippen molar-refractivity contribution >= 4 is 31.8 Å². The van der Waals surface area contributed by atoms with E-state index in [1.165, 1.54) is 24.2 Å². The van der Waals surface area contributed by atoms with Gasteiger partial charge in [-0.2, -0.15) is 0 Å². The number of carboxylic acids is 1. The SMILES string of the molecule is Cc1ncc(COP(=O)(O)O)c(C=[NH+]CCSC[C@H]([NH3+])C(=O)O)c1O. The summed E-state index contributed by atoms with van der Waals surface area (Å²) < 4.78 is 15.3. The van der Waals surface area contributed by atoms with E-state index in [2.05, 4.69) is 20.2 Å². The number of pyridine rings is 1. The maximum atomic E-state index is 10.8. The van der Waals surface area contributed by atoms with Gasteiger partial charge in [-0.3, -0.25) is 9.51 Å². The maximum Gasteiger partial charge on any atom is 0.469 e. The minimum atomic E-state index is -4.64. The number of thioether (sulfide) groups is 1. The molecule has 0 aliphatic heterocycles. The van der Waals surface area contributed by atoms with Crippen molar-refractivity contribution in [3.8, 4) is 5.75 Å². The third-order valence-electron chi connectivity index (χ3n) is 3.05. The lowest BCUT2D eigenvalue weighted by Gasteiger charge is -2.09. The number of nitrogens with one attached hydrogen (secondary N) is 1. The van der Waals surface area contributed by atoms with Crippen molar-refractivity contribution in [1.82, 2.24) is 4.98 Å². The van der Waals surface area contributed by atoms with Gasteiger partial charge < -0.3 is 25.7 Å². The van der Waals surface area contributed by atoms with E-state index in [4.69, 9.17) is 14.9 Å². The highest BCUT2D eigenvalue weighted by Gasteiger charge is 2.18. The Labute approximate surface area is 148 Å². The van der Waals surface area contributed by atoms with Crippen LogP contribution in [-0.2, 0) is 20.5 Å². The number of aromatic nitrogens is 1. The van der Waals surface area contributed by atoms with Crippen LogP contribution in [0.1, 0.15) is 16.8 Å². The molecule has 0 fully saturated rings. The lowest BCUT2D eigenvalue weighted by molar-refractivity contribution is -0.445. The number of aromatic hydroxyl groups is 1. The molecule has 0 saturated heterocycles. The number of quaternary nitrogens is 1. The van der Waals surface area contributed by atoms with Gasteiger partial charge in [-0.05, 0) is 6.92 Å².